The molecular formula is C16H19Cl2N2O2+. The van der Waals surface area contributed by atoms with Crippen LogP contribution in [0.2, 0.25) is 0 Å². The van der Waals surface area contributed by atoms with Gasteiger partial charge in [0.25, 0.3) is 5.69 Å². The molecule has 0 N–H and O–H groups in total. The average Bonchev–Trinajstić information content (AvgIpc) is 2.47. The zero-order valence-electron chi connectivity index (χ0n) is 12.5. The standard InChI is InChI=1S/C16H19Cl2N2O2/c1-20(10-8-17,11-9-18)12-15-14-5-3-2-4-13(14)6-7-16(15)19(21)22/h2-7H,8-12H2,1H3/q+1. The average molecular weight is 342 g/mol. The fourth-order valence-corrected chi connectivity index (χ4v) is 3.54. The molecule has 2 rings (SSSR count). The number of nitro benzene ring substituents is 1. The fourth-order valence-electron chi connectivity index (χ4n) is 2.72. The number of benzene rings is 2. The second-order valence-electron chi connectivity index (χ2n) is 5.64. The van der Waals surface area contributed by atoms with Crippen LogP contribution in [0.1, 0.15) is 5.56 Å². The van der Waals surface area contributed by atoms with E-state index in [1.54, 1.807) is 12.1 Å². The number of nitro groups is 1. The largest absolute Gasteiger partial charge is 0.320 e. The van der Waals surface area contributed by atoms with Crippen LogP contribution in [0.4, 0.5) is 5.69 Å². The summed E-state index contributed by atoms with van der Waals surface area (Å²) in [5, 5.41) is 13.3. The van der Waals surface area contributed by atoms with Gasteiger partial charge in [-0.25, -0.2) is 0 Å². The van der Waals surface area contributed by atoms with Gasteiger partial charge in [-0.2, -0.15) is 0 Å². The van der Waals surface area contributed by atoms with Gasteiger partial charge in [0, 0.05) is 6.07 Å². The van der Waals surface area contributed by atoms with Crippen LogP contribution in [0, 0.1) is 10.1 Å². The van der Waals surface area contributed by atoms with E-state index in [1.807, 2.05) is 31.3 Å². The van der Waals surface area contributed by atoms with Crippen molar-refractivity contribution < 1.29 is 9.41 Å². The molecular weight excluding hydrogens is 323 g/mol. The third-order valence-corrected chi connectivity index (χ3v) is 4.34. The van der Waals surface area contributed by atoms with Crippen molar-refractivity contribution in [3.05, 3.63) is 52.1 Å². The molecule has 4 nitrogen and oxygen atoms in total. The first-order valence-electron chi connectivity index (χ1n) is 7.11. The van der Waals surface area contributed by atoms with E-state index in [0.717, 1.165) is 16.3 Å². The van der Waals surface area contributed by atoms with E-state index >= 15 is 0 Å². The molecule has 0 aliphatic rings. The summed E-state index contributed by atoms with van der Waals surface area (Å²) >= 11 is 11.8. The van der Waals surface area contributed by atoms with E-state index in [4.69, 9.17) is 23.2 Å². The Bertz CT molecular complexity index is 670. The maximum atomic E-state index is 11.4. The third kappa shape index (κ3) is 3.69. The normalized spacial score (nSPS) is 11.8. The predicted octanol–water partition coefficient (Wildman–Crippen LogP) is 4.17. The number of hydrogen-bond donors (Lipinski definition) is 0. The molecule has 0 amide bonds. The second-order valence-corrected chi connectivity index (χ2v) is 6.40. The molecule has 0 aromatic heterocycles. The lowest BCUT2D eigenvalue weighted by Gasteiger charge is -2.33. The number of quaternary nitrogens is 1. The zero-order valence-corrected chi connectivity index (χ0v) is 14.0. The summed E-state index contributed by atoms with van der Waals surface area (Å²) in [6, 6.07) is 11.1. The molecule has 0 radical (unpaired) electrons. The lowest BCUT2D eigenvalue weighted by atomic mass is 10.0. The highest BCUT2D eigenvalue weighted by Gasteiger charge is 2.27. The number of hydrogen-bond acceptors (Lipinski definition) is 2. The summed E-state index contributed by atoms with van der Waals surface area (Å²) in [4.78, 5) is 11.1. The Kier molecular flexibility index (Phi) is 5.62. The fraction of sp³-hybridized carbons (Fsp3) is 0.375. The molecule has 0 heterocycles. The molecule has 0 spiro atoms. The SMILES string of the molecule is C[N+](CCCl)(CCCl)Cc1c([N+](=O)[O-])ccc2ccccc12. The molecule has 0 aliphatic carbocycles. The van der Waals surface area contributed by atoms with Crippen LogP contribution in [-0.4, -0.2) is 41.3 Å². The minimum absolute atomic E-state index is 0.159. The van der Waals surface area contributed by atoms with Gasteiger partial charge in [0.2, 0.25) is 0 Å². The van der Waals surface area contributed by atoms with E-state index in [1.165, 1.54) is 0 Å². The van der Waals surface area contributed by atoms with Crippen molar-refractivity contribution in [1.29, 1.82) is 0 Å². The van der Waals surface area contributed by atoms with Crippen molar-refractivity contribution >= 4 is 39.7 Å². The van der Waals surface area contributed by atoms with Gasteiger partial charge in [-0.1, -0.05) is 24.3 Å². The summed E-state index contributed by atoms with van der Waals surface area (Å²) in [6.07, 6.45) is 0. The van der Waals surface area contributed by atoms with Gasteiger partial charge < -0.3 is 4.48 Å². The van der Waals surface area contributed by atoms with Crippen LogP contribution in [0.3, 0.4) is 0 Å². The number of alkyl halides is 2. The molecule has 0 saturated carbocycles. The highest BCUT2D eigenvalue weighted by Crippen LogP contribution is 2.30. The Balaban J connectivity index is 2.56. The smallest absolute Gasteiger partial charge is 0.278 e. The highest BCUT2D eigenvalue weighted by molar-refractivity contribution is 6.18. The van der Waals surface area contributed by atoms with E-state index in [2.05, 4.69) is 0 Å². The lowest BCUT2D eigenvalue weighted by molar-refractivity contribution is -0.918. The zero-order chi connectivity index (χ0) is 16.2. The minimum atomic E-state index is -0.312. The Morgan fingerprint density at radius 1 is 1.09 bits per heavy atom. The van der Waals surface area contributed by atoms with Crippen molar-refractivity contribution in [2.45, 2.75) is 6.54 Å². The van der Waals surface area contributed by atoms with E-state index in [9.17, 15) is 10.1 Å². The summed E-state index contributed by atoms with van der Waals surface area (Å²) in [7, 11) is 2.04. The molecule has 0 unspecified atom stereocenters. The summed E-state index contributed by atoms with van der Waals surface area (Å²) in [5.41, 5.74) is 0.910. The maximum Gasteiger partial charge on any atom is 0.278 e. The van der Waals surface area contributed by atoms with Crippen LogP contribution >= 0.6 is 23.2 Å². The van der Waals surface area contributed by atoms with Crippen molar-refractivity contribution in [3.63, 3.8) is 0 Å². The summed E-state index contributed by atoms with van der Waals surface area (Å²) < 4.78 is 0.585. The number of halogens is 2. The maximum absolute atomic E-state index is 11.4. The number of fused-ring (bicyclic) bond motifs is 1. The Hall–Kier alpha value is -1.36. The molecule has 0 fully saturated rings. The topological polar surface area (TPSA) is 43.1 Å². The van der Waals surface area contributed by atoms with Gasteiger partial charge in [0.1, 0.15) is 6.54 Å². The predicted molar refractivity (Wildman–Crippen MR) is 91.7 cm³/mol. The number of nitrogens with zero attached hydrogens (tertiary/aromatic N) is 2. The van der Waals surface area contributed by atoms with E-state index in [-0.39, 0.29) is 10.6 Å². The first kappa shape index (κ1) is 17.0. The van der Waals surface area contributed by atoms with Crippen LogP contribution in [0.15, 0.2) is 36.4 Å². The second kappa shape index (κ2) is 7.27. The summed E-state index contributed by atoms with van der Waals surface area (Å²) in [6.45, 7) is 1.97. The van der Waals surface area contributed by atoms with Crippen molar-refractivity contribution in [2.24, 2.45) is 0 Å². The van der Waals surface area contributed by atoms with E-state index < -0.39 is 0 Å². The molecule has 0 atom stereocenters. The van der Waals surface area contributed by atoms with Crippen molar-refractivity contribution in [3.8, 4) is 0 Å². The number of rotatable bonds is 7. The van der Waals surface area contributed by atoms with Gasteiger partial charge in [0.15, 0.2) is 0 Å². The Morgan fingerprint density at radius 2 is 1.73 bits per heavy atom. The van der Waals surface area contributed by atoms with Crippen molar-refractivity contribution in [1.82, 2.24) is 0 Å². The molecule has 0 saturated heterocycles. The van der Waals surface area contributed by atoms with Crippen LogP contribution in [-0.2, 0) is 6.54 Å². The van der Waals surface area contributed by atoms with Gasteiger partial charge in [-0.3, -0.25) is 10.1 Å². The van der Waals surface area contributed by atoms with Gasteiger partial charge in [0.05, 0.1) is 42.4 Å². The molecule has 6 heteroatoms. The minimum Gasteiger partial charge on any atom is -0.320 e. The van der Waals surface area contributed by atoms with Crippen LogP contribution in [0.25, 0.3) is 10.8 Å². The van der Waals surface area contributed by atoms with Crippen LogP contribution in [0.5, 0.6) is 0 Å². The molecule has 2 aromatic carbocycles. The summed E-state index contributed by atoms with van der Waals surface area (Å²) in [5.74, 6) is 0.984. The Labute approximate surface area is 140 Å². The first-order valence-corrected chi connectivity index (χ1v) is 8.18. The quantitative estimate of drug-likeness (QED) is 0.328. The van der Waals surface area contributed by atoms with Gasteiger partial charge >= 0.3 is 0 Å². The van der Waals surface area contributed by atoms with Gasteiger partial charge in [-0.15, -0.1) is 23.2 Å². The first-order chi connectivity index (χ1) is 10.5. The highest BCUT2D eigenvalue weighted by atomic mass is 35.5. The molecule has 22 heavy (non-hydrogen) atoms. The van der Waals surface area contributed by atoms with E-state index in [0.29, 0.717) is 35.9 Å². The van der Waals surface area contributed by atoms with Crippen molar-refractivity contribution in [2.75, 3.05) is 31.9 Å². The monoisotopic (exact) mass is 341 g/mol. The molecule has 0 bridgehead atoms. The molecule has 118 valence electrons. The molecule has 2 aromatic rings. The van der Waals surface area contributed by atoms with Gasteiger partial charge in [-0.05, 0) is 16.8 Å². The Morgan fingerprint density at radius 3 is 2.32 bits per heavy atom. The molecule has 0 aliphatic heterocycles. The third-order valence-electron chi connectivity index (χ3n) is 4.00. The lowest BCUT2D eigenvalue weighted by Crippen LogP contribution is -2.46. The van der Waals surface area contributed by atoms with Crippen LogP contribution < -0.4 is 0 Å².